The molecule has 3 aromatic rings. The Balaban J connectivity index is 1.88. The van der Waals surface area contributed by atoms with Crippen LogP contribution in [-0.4, -0.2) is 27.4 Å². The fourth-order valence-corrected chi connectivity index (χ4v) is 5.23. The zero-order valence-corrected chi connectivity index (χ0v) is 19.0. The van der Waals surface area contributed by atoms with Crippen LogP contribution in [0.3, 0.4) is 0 Å². The van der Waals surface area contributed by atoms with Crippen molar-refractivity contribution in [2.24, 2.45) is 0 Å². The molecule has 0 saturated heterocycles. The summed E-state index contributed by atoms with van der Waals surface area (Å²) in [6, 6.07) is 12.3. The molecule has 162 valence electrons. The molecule has 0 atom stereocenters. The topological polar surface area (TPSA) is 102 Å². The van der Waals surface area contributed by atoms with E-state index in [4.69, 9.17) is 16.3 Å². The molecule has 2 aromatic carbocycles. The minimum absolute atomic E-state index is 0.0675. The van der Waals surface area contributed by atoms with Gasteiger partial charge in [0.15, 0.2) is 0 Å². The molecule has 31 heavy (non-hydrogen) atoms. The van der Waals surface area contributed by atoms with Crippen molar-refractivity contribution in [1.29, 1.82) is 0 Å². The summed E-state index contributed by atoms with van der Waals surface area (Å²) >= 11 is 7.34. The molecule has 3 rings (SSSR count). The van der Waals surface area contributed by atoms with Crippen LogP contribution >= 0.6 is 22.9 Å². The average molecular weight is 479 g/mol. The molecular weight excluding hydrogens is 460 g/mol. The van der Waals surface area contributed by atoms with E-state index in [2.05, 4.69) is 10.0 Å². The number of aryl methyl sites for hydroxylation is 1. The van der Waals surface area contributed by atoms with Gasteiger partial charge in [-0.15, -0.1) is 11.3 Å². The molecule has 0 saturated carbocycles. The maximum absolute atomic E-state index is 12.8. The van der Waals surface area contributed by atoms with Crippen LogP contribution in [0.15, 0.2) is 58.8 Å². The Morgan fingerprint density at radius 1 is 1.13 bits per heavy atom. The first kappa shape index (κ1) is 22.8. The number of thiophene rings is 1. The van der Waals surface area contributed by atoms with Crippen molar-refractivity contribution in [3.05, 3.63) is 80.5 Å². The van der Waals surface area contributed by atoms with Gasteiger partial charge in [-0.3, -0.25) is 9.52 Å². The summed E-state index contributed by atoms with van der Waals surface area (Å²) in [6.45, 7) is 1.92. The first-order chi connectivity index (χ1) is 14.7. The van der Waals surface area contributed by atoms with E-state index in [1.807, 2.05) is 18.4 Å². The molecule has 0 radical (unpaired) electrons. The van der Waals surface area contributed by atoms with Crippen LogP contribution in [0.2, 0.25) is 5.02 Å². The number of amides is 1. The fourth-order valence-electron chi connectivity index (χ4n) is 2.83. The third-order valence-electron chi connectivity index (χ3n) is 4.31. The predicted molar refractivity (Wildman–Crippen MR) is 120 cm³/mol. The fraction of sp³-hybridized carbons (Fsp3) is 0.143. The van der Waals surface area contributed by atoms with Gasteiger partial charge in [-0.1, -0.05) is 23.7 Å². The largest absolute Gasteiger partial charge is 0.465 e. The van der Waals surface area contributed by atoms with E-state index in [0.717, 1.165) is 5.56 Å². The average Bonchev–Trinajstić information content (AvgIpc) is 3.17. The van der Waals surface area contributed by atoms with E-state index in [1.165, 1.54) is 48.8 Å². The molecular formula is C21H19ClN2O5S2. The van der Waals surface area contributed by atoms with Crippen molar-refractivity contribution in [2.75, 3.05) is 11.8 Å². The summed E-state index contributed by atoms with van der Waals surface area (Å²) < 4.78 is 32.7. The number of nitrogens with one attached hydrogen (secondary N) is 2. The minimum Gasteiger partial charge on any atom is -0.465 e. The second-order valence-corrected chi connectivity index (χ2v) is 9.54. The zero-order valence-electron chi connectivity index (χ0n) is 16.6. The van der Waals surface area contributed by atoms with Crippen LogP contribution in [-0.2, 0) is 21.3 Å². The van der Waals surface area contributed by atoms with Crippen LogP contribution in [0.25, 0.3) is 0 Å². The highest BCUT2D eigenvalue weighted by atomic mass is 35.5. The molecule has 0 aliphatic heterocycles. The lowest BCUT2D eigenvalue weighted by atomic mass is 10.1. The van der Waals surface area contributed by atoms with Crippen molar-refractivity contribution < 1.29 is 22.7 Å². The van der Waals surface area contributed by atoms with Gasteiger partial charge < -0.3 is 10.1 Å². The molecule has 10 heteroatoms. The van der Waals surface area contributed by atoms with E-state index in [9.17, 15) is 18.0 Å². The first-order valence-electron chi connectivity index (χ1n) is 9.03. The van der Waals surface area contributed by atoms with Gasteiger partial charge >= 0.3 is 5.97 Å². The number of ether oxygens (including phenoxy) is 1. The van der Waals surface area contributed by atoms with E-state index in [0.29, 0.717) is 10.4 Å². The number of sulfonamides is 1. The van der Waals surface area contributed by atoms with Crippen LogP contribution < -0.4 is 10.0 Å². The quantitative estimate of drug-likeness (QED) is 0.495. The summed E-state index contributed by atoms with van der Waals surface area (Å²) in [4.78, 5) is 25.0. The summed E-state index contributed by atoms with van der Waals surface area (Å²) in [5.41, 5.74) is 1.65. The van der Waals surface area contributed by atoms with Gasteiger partial charge in [-0.25, -0.2) is 13.2 Å². The van der Waals surface area contributed by atoms with Gasteiger partial charge in [0.2, 0.25) is 0 Å². The molecule has 1 heterocycles. The van der Waals surface area contributed by atoms with E-state index < -0.39 is 16.0 Å². The monoisotopic (exact) mass is 478 g/mol. The normalized spacial score (nSPS) is 11.1. The van der Waals surface area contributed by atoms with Gasteiger partial charge in [-0.05, 0) is 59.8 Å². The molecule has 1 amide bonds. The summed E-state index contributed by atoms with van der Waals surface area (Å²) in [6.07, 6.45) is 0. The molecule has 2 N–H and O–H groups in total. The molecule has 0 aliphatic rings. The molecule has 0 fully saturated rings. The summed E-state index contributed by atoms with van der Waals surface area (Å²) in [5, 5.41) is 4.67. The Morgan fingerprint density at radius 3 is 2.52 bits per heavy atom. The second kappa shape index (κ2) is 9.51. The van der Waals surface area contributed by atoms with Gasteiger partial charge in [-0.2, -0.15) is 0 Å². The number of esters is 1. The standard InChI is InChI=1S/C21H19ClN2O5S2/c1-13-7-8-30-19(13)20(25)23-12-14-9-15(21(26)29-2)11-16(10-14)24-31(27,28)18-6-4-3-5-17(18)22/h3-11,24H,12H2,1-2H3,(H,23,25). The van der Waals surface area contributed by atoms with E-state index in [-0.39, 0.29) is 33.6 Å². The number of hydrogen-bond acceptors (Lipinski definition) is 6. The SMILES string of the molecule is COC(=O)c1cc(CNC(=O)c2sccc2C)cc(NS(=O)(=O)c2ccccc2Cl)c1. The Kier molecular flexibility index (Phi) is 6.99. The van der Waals surface area contributed by atoms with Crippen LogP contribution in [0, 0.1) is 6.92 Å². The van der Waals surface area contributed by atoms with Crippen molar-refractivity contribution in [2.45, 2.75) is 18.4 Å². The number of methoxy groups -OCH3 is 1. The van der Waals surface area contributed by atoms with Crippen molar-refractivity contribution >= 4 is 50.5 Å². The highest BCUT2D eigenvalue weighted by molar-refractivity contribution is 7.92. The summed E-state index contributed by atoms with van der Waals surface area (Å²) in [5.74, 6) is -0.894. The van der Waals surface area contributed by atoms with Crippen LogP contribution in [0.4, 0.5) is 5.69 Å². The number of benzene rings is 2. The molecule has 0 unspecified atom stereocenters. The number of hydrogen-bond donors (Lipinski definition) is 2. The van der Waals surface area contributed by atoms with Gasteiger partial charge in [0, 0.05) is 6.54 Å². The maximum Gasteiger partial charge on any atom is 0.337 e. The Morgan fingerprint density at radius 2 is 1.87 bits per heavy atom. The van der Waals surface area contributed by atoms with Crippen LogP contribution in [0.5, 0.6) is 0 Å². The minimum atomic E-state index is -4.00. The first-order valence-corrected chi connectivity index (χ1v) is 11.8. The highest BCUT2D eigenvalue weighted by Gasteiger charge is 2.19. The van der Waals surface area contributed by atoms with E-state index >= 15 is 0 Å². The third kappa shape index (κ3) is 5.43. The molecule has 7 nitrogen and oxygen atoms in total. The number of anilines is 1. The Hall–Kier alpha value is -2.88. The number of rotatable bonds is 7. The lowest BCUT2D eigenvalue weighted by Crippen LogP contribution is -2.23. The van der Waals surface area contributed by atoms with Gasteiger partial charge in [0.05, 0.1) is 28.3 Å². The molecule has 1 aromatic heterocycles. The maximum atomic E-state index is 12.8. The predicted octanol–water partition coefficient (Wildman–Crippen LogP) is 4.23. The highest BCUT2D eigenvalue weighted by Crippen LogP contribution is 2.25. The third-order valence-corrected chi connectivity index (χ3v) is 7.21. The second-order valence-electron chi connectivity index (χ2n) is 6.56. The van der Waals surface area contributed by atoms with Crippen molar-refractivity contribution in [1.82, 2.24) is 5.32 Å². The Bertz CT molecular complexity index is 1240. The Labute approximate surface area is 189 Å². The molecule has 0 aliphatic carbocycles. The van der Waals surface area contributed by atoms with Gasteiger partial charge in [0.1, 0.15) is 4.90 Å². The lowest BCUT2D eigenvalue weighted by Gasteiger charge is -2.13. The van der Waals surface area contributed by atoms with Crippen LogP contribution in [0.1, 0.15) is 31.2 Å². The van der Waals surface area contributed by atoms with E-state index in [1.54, 1.807) is 12.1 Å². The lowest BCUT2D eigenvalue weighted by molar-refractivity contribution is 0.0600. The number of halogens is 1. The number of carbonyl (C=O) groups is 2. The van der Waals surface area contributed by atoms with Crippen molar-refractivity contribution in [3.63, 3.8) is 0 Å². The van der Waals surface area contributed by atoms with Crippen molar-refractivity contribution in [3.8, 4) is 0 Å². The molecule has 0 spiro atoms. The summed E-state index contributed by atoms with van der Waals surface area (Å²) in [7, 11) is -2.78. The molecule has 0 bridgehead atoms. The smallest absolute Gasteiger partial charge is 0.337 e. The number of carbonyl (C=O) groups excluding carboxylic acids is 2. The van der Waals surface area contributed by atoms with Gasteiger partial charge in [0.25, 0.3) is 15.9 Å². The zero-order chi connectivity index (χ0) is 22.6.